The molecule has 116 valence electrons. The molecule has 0 spiro atoms. The van der Waals surface area contributed by atoms with Gasteiger partial charge in [-0.1, -0.05) is 13.8 Å². The molecule has 1 unspecified atom stereocenters. The Balaban J connectivity index is 0.00000106. The van der Waals surface area contributed by atoms with Crippen molar-refractivity contribution in [3.8, 4) is 0 Å². The van der Waals surface area contributed by atoms with E-state index in [9.17, 15) is 14.9 Å². The summed E-state index contributed by atoms with van der Waals surface area (Å²) in [4.78, 5) is 25.8. The fourth-order valence-electron chi connectivity index (χ4n) is 2.35. The standard InChI is InChI=1S/C13H17N3O3.C2H6/c1-14(2)13(17)10-7-8-15(9-10)11-3-5-12(6-4-11)16(18)19;1-2/h3-6,10H,7-9H2,1-2H3;1-2H3. The number of nitro groups is 1. The van der Waals surface area contributed by atoms with Gasteiger partial charge < -0.3 is 9.80 Å². The molecule has 1 saturated heterocycles. The van der Waals surface area contributed by atoms with Crippen molar-refractivity contribution >= 4 is 17.3 Å². The first-order valence-corrected chi connectivity index (χ1v) is 7.19. The Bertz CT molecular complexity index is 485. The minimum absolute atomic E-state index is 0.0187. The first-order valence-electron chi connectivity index (χ1n) is 7.19. The average molecular weight is 293 g/mol. The van der Waals surface area contributed by atoms with Crippen LogP contribution in [0.2, 0.25) is 0 Å². The summed E-state index contributed by atoms with van der Waals surface area (Å²) in [5.41, 5.74) is 1.02. The Labute approximate surface area is 125 Å². The normalized spacial score (nSPS) is 17.0. The van der Waals surface area contributed by atoms with Crippen LogP contribution < -0.4 is 4.90 Å². The van der Waals surface area contributed by atoms with E-state index in [2.05, 4.69) is 4.90 Å². The van der Waals surface area contributed by atoms with Gasteiger partial charge in [-0.25, -0.2) is 0 Å². The third kappa shape index (κ3) is 4.18. The van der Waals surface area contributed by atoms with Crippen molar-refractivity contribution in [3.63, 3.8) is 0 Å². The quantitative estimate of drug-likeness (QED) is 0.634. The maximum atomic E-state index is 11.9. The van der Waals surface area contributed by atoms with Gasteiger partial charge in [0.05, 0.1) is 10.8 Å². The predicted molar refractivity (Wildman–Crippen MR) is 83.5 cm³/mol. The van der Waals surface area contributed by atoms with Crippen LogP contribution in [0.3, 0.4) is 0 Å². The van der Waals surface area contributed by atoms with Crippen molar-refractivity contribution in [1.29, 1.82) is 0 Å². The Morgan fingerprint density at radius 1 is 1.29 bits per heavy atom. The minimum atomic E-state index is -0.411. The molecule has 6 nitrogen and oxygen atoms in total. The molecule has 0 N–H and O–H groups in total. The van der Waals surface area contributed by atoms with Crippen LogP contribution in [0.1, 0.15) is 20.3 Å². The molecule has 6 heteroatoms. The number of hydrogen-bond donors (Lipinski definition) is 0. The zero-order valence-electron chi connectivity index (χ0n) is 13.1. The SMILES string of the molecule is CC.CN(C)C(=O)C1CCN(c2ccc([N+](=O)[O-])cc2)C1. The molecule has 1 heterocycles. The summed E-state index contributed by atoms with van der Waals surface area (Å²) in [6.07, 6.45) is 0.827. The van der Waals surface area contributed by atoms with Crippen LogP contribution in [-0.4, -0.2) is 42.9 Å². The van der Waals surface area contributed by atoms with Gasteiger partial charge in [-0.3, -0.25) is 14.9 Å². The highest BCUT2D eigenvalue weighted by molar-refractivity contribution is 5.79. The highest BCUT2D eigenvalue weighted by Gasteiger charge is 2.29. The van der Waals surface area contributed by atoms with Gasteiger partial charge in [0.2, 0.25) is 5.91 Å². The zero-order chi connectivity index (χ0) is 16.0. The van der Waals surface area contributed by atoms with Crippen LogP contribution in [0.15, 0.2) is 24.3 Å². The zero-order valence-corrected chi connectivity index (χ0v) is 13.1. The molecule has 0 saturated carbocycles. The summed E-state index contributed by atoms with van der Waals surface area (Å²) in [5.74, 6) is 0.162. The predicted octanol–water partition coefficient (Wildman–Crippen LogP) is 2.54. The molecule has 1 aromatic carbocycles. The Hall–Kier alpha value is -2.11. The van der Waals surface area contributed by atoms with E-state index in [-0.39, 0.29) is 17.5 Å². The molecule has 0 aliphatic carbocycles. The summed E-state index contributed by atoms with van der Waals surface area (Å²) < 4.78 is 0. The van der Waals surface area contributed by atoms with Gasteiger partial charge in [0.25, 0.3) is 5.69 Å². The van der Waals surface area contributed by atoms with Crippen molar-refractivity contribution in [2.45, 2.75) is 20.3 Å². The molecule has 1 atom stereocenters. The maximum absolute atomic E-state index is 11.9. The highest BCUT2D eigenvalue weighted by atomic mass is 16.6. The monoisotopic (exact) mass is 293 g/mol. The molecular weight excluding hydrogens is 270 g/mol. The van der Waals surface area contributed by atoms with Crippen molar-refractivity contribution in [1.82, 2.24) is 4.90 Å². The Morgan fingerprint density at radius 3 is 2.33 bits per heavy atom. The van der Waals surface area contributed by atoms with E-state index in [0.29, 0.717) is 6.54 Å². The van der Waals surface area contributed by atoms with Crippen molar-refractivity contribution in [2.24, 2.45) is 5.92 Å². The molecule has 2 rings (SSSR count). The fraction of sp³-hybridized carbons (Fsp3) is 0.533. The smallest absolute Gasteiger partial charge is 0.269 e. The second-order valence-corrected chi connectivity index (χ2v) is 4.94. The lowest BCUT2D eigenvalue weighted by Gasteiger charge is -2.19. The number of hydrogen-bond acceptors (Lipinski definition) is 4. The van der Waals surface area contributed by atoms with E-state index in [1.165, 1.54) is 12.1 Å². The van der Waals surface area contributed by atoms with E-state index in [1.807, 2.05) is 13.8 Å². The number of amides is 1. The van der Waals surface area contributed by atoms with Crippen molar-refractivity contribution in [3.05, 3.63) is 34.4 Å². The average Bonchev–Trinajstić information content (AvgIpc) is 2.98. The lowest BCUT2D eigenvalue weighted by Crippen LogP contribution is -2.31. The summed E-state index contributed by atoms with van der Waals surface area (Å²) in [5, 5.41) is 10.6. The van der Waals surface area contributed by atoms with Crippen LogP contribution in [0.5, 0.6) is 0 Å². The van der Waals surface area contributed by atoms with E-state index in [0.717, 1.165) is 18.7 Å². The highest BCUT2D eigenvalue weighted by Crippen LogP contribution is 2.26. The van der Waals surface area contributed by atoms with Gasteiger partial charge >= 0.3 is 0 Å². The van der Waals surface area contributed by atoms with Gasteiger partial charge in [-0.2, -0.15) is 0 Å². The molecule has 1 fully saturated rings. The van der Waals surface area contributed by atoms with E-state index in [1.54, 1.807) is 31.1 Å². The number of rotatable bonds is 3. The Kier molecular flexibility index (Phi) is 6.14. The largest absolute Gasteiger partial charge is 0.371 e. The number of nitrogens with zero attached hydrogens (tertiary/aromatic N) is 3. The van der Waals surface area contributed by atoms with Gasteiger partial charge in [0, 0.05) is 45.0 Å². The fourth-order valence-corrected chi connectivity index (χ4v) is 2.35. The van der Waals surface area contributed by atoms with E-state index >= 15 is 0 Å². The third-order valence-electron chi connectivity index (χ3n) is 3.40. The van der Waals surface area contributed by atoms with E-state index < -0.39 is 4.92 Å². The van der Waals surface area contributed by atoms with Gasteiger partial charge in [-0.15, -0.1) is 0 Å². The molecule has 0 bridgehead atoms. The number of carbonyl (C=O) groups excluding carboxylic acids is 1. The minimum Gasteiger partial charge on any atom is -0.371 e. The summed E-state index contributed by atoms with van der Waals surface area (Å²) >= 11 is 0. The number of non-ortho nitro benzene ring substituents is 1. The van der Waals surface area contributed by atoms with Crippen LogP contribution in [-0.2, 0) is 4.79 Å². The van der Waals surface area contributed by atoms with Gasteiger partial charge in [0.15, 0.2) is 0 Å². The number of benzene rings is 1. The number of nitro benzene ring substituents is 1. The first-order chi connectivity index (χ1) is 9.99. The second kappa shape index (κ2) is 7.61. The summed E-state index contributed by atoms with van der Waals surface area (Å²) in [6.45, 7) is 5.48. The van der Waals surface area contributed by atoms with Crippen LogP contribution in [0.4, 0.5) is 11.4 Å². The first kappa shape index (κ1) is 16.9. The van der Waals surface area contributed by atoms with Crippen molar-refractivity contribution in [2.75, 3.05) is 32.1 Å². The second-order valence-electron chi connectivity index (χ2n) is 4.94. The number of anilines is 1. The van der Waals surface area contributed by atoms with Crippen LogP contribution in [0, 0.1) is 16.0 Å². The molecule has 0 radical (unpaired) electrons. The van der Waals surface area contributed by atoms with Gasteiger partial charge in [-0.05, 0) is 18.6 Å². The molecule has 0 aromatic heterocycles. The lowest BCUT2D eigenvalue weighted by atomic mass is 10.1. The summed E-state index contributed by atoms with van der Waals surface area (Å²) in [7, 11) is 3.52. The topological polar surface area (TPSA) is 66.7 Å². The van der Waals surface area contributed by atoms with Crippen molar-refractivity contribution < 1.29 is 9.72 Å². The summed E-state index contributed by atoms with van der Waals surface area (Å²) in [6, 6.07) is 6.47. The molecule has 1 amide bonds. The van der Waals surface area contributed by atoms with Gasteiger partial charge in [0.1, 0.15) is 0 Å². The number of carbonyl (C=O) groups is 1. The molecule has 1 aliphatic heterocycles. The van der Waals surface area contributed by atoms with E-state index in [4.69, 9.17) is 0 Å². The van der Waals surface area contributed by atoms with Crippen LogP contribution in [0.25, 0.3) is 0 Å². The lowest BCUT2D eigenvalue weighted by molar-refractivity contribution is -0.384. The molecular formula is C15H23N3O3. The van der Waals surface area contributed by atoms with Crippen LogP contribution >= 0.6 is 0 Å². The molecule has 1 aliphatic rings. The maximum Gasteiger partial charge on any atom is 0.269 e. The third-order valence-corrected chi connectivity index (χ3v) is 3.40. The Morgan fingerprint density at radius 2 is 1.86 bits per heavy atom. The molecule has 21 heavy (non-hydrogen) atoms. The molecule has 1 aromatic rings.